The number of non-ortho nitro benzene ring substituents is 1. The van der Waals surface area contributed by atoms with Gasteiger partial charge in [-0.1, -0.05) is 13.0 Å². The highest BCUT2D eigenvalue weighted by Gasteiger charge is 2.16. The molecule has 0 amide bonds. The molecular formula is C18H15N7O2S2. The lowest BCUT2D eigenvalue weighted by molar-refractivity contribution is -0.384. The first kappa shape index (κ1) is 19.0. The first-order valence-electron chi connectivity index (χ1n) is 8.60. The third-order valence-corrected chi connectivity index (χ3v) is 5.80. The van der Waals surface area contributed by atoms with E-state index in [1.165, 1.54) is 39.9 Å². The number of benzene rings is 1. The summed E-state index contributed by atoms with van der Waals surface area (Å²) < 4.78 is 1.44. The number of hydrogen-bond donors (Lipinski definition) is 1. The average Bonchev–Trinajstić information content (AvgIpc) is 3.38. The Morgan fingerprint density at radius 2 is 2.00 bits per heavy atom. The fraction of sp³-hybridized carbons (Fsp3) is 0.111. The van der Waals surface area contributed by atoms with Gasteiger partial charge >= 0.3 is 0 Å². The van der Waals surface area contributed by atoms with Crippen molar-refractivity contribution in [3.05, 3.63) is 63.7 Å². The Labute approximate surface area is 173 Å². The van der Waals surface area contributed by atoms with Crippen LogP contribution in [-0.4, -0.2) is 29.8 Å². The molecule has 0 aliphatic carbocycles. The van der Waals surface area contributed by atoms with Gasteiger partial charge in [0.1, 0.15) is 5.03 Å². The predicted octanol–water partition coefficient (Wildman–Crippen LogP) is 3.80. The van der Waals surface area contributed by atoms with Crippen LogP contribution < -0.4 is 5.84 Å². The molecule has 0 unspecified atom stereocenters. The van der Waals surface area contributed by atoms with Crippen LogP contribution in [0, 0.1) is 10.1 Å². The number of nitrogens with zero attached hydrogens (tertiary/aromatic N) is 6. The Kier molecular flexibility index (Phi) is 5.23. The van der Waals surface area contributed by atoms with Gasteiger partial charge < -0.3 is 5.84 Å². The van der Waals surface area contributed by atoms with Gasteiger partial charge in [0.2, 0.25) is 5.16 Å². The number of hydrogen-bond acceptors (Lipinski definition) is 9. The molecule has 2 N–H and O–H groups in total. The molecule has 0 aliphatic rings. The van der Waals surface area contributed by atoms with Gasteiger partial charge in [-0.15, -0.1) is 21.5 Å². The van der Waals surface area contributed by atoms with E-state index in [9.17, 15) is 10.1 Å². The summed E-state index contributed by atoms with van der Waals surface area (Å²) in [6, 6.07) is 11.9. The zero-order valence-corrected chi connectivity index (χ0v) is 16.9. The van der Waals surface area contributed by atoms with Gasteiger partial charge in [-0.05, 0) is 47.8 Å². The Hall–Kier alpha value is -3.31. The molecule has 4 aromatic rings. The minimum Gasteiger partial charge on any atom is -0.335 e. The number of thiophene rings is 1. The van der Waals surface area contributed by atoms with Crippen LogP contribution in [0.3, 0.4) is 0 Å². The summed E-state index contributed by atoms with van der Waals surface area (Å²) in [5, 5.41) is 22.3. The molecule has 3 heterocycles. The average molecular weight is 425 g/mol. The van der Waals surface area contributed by atoms with E-state index in [1.54, 1.807) is 12.1 Å². The number of nitrogen functional groups attached to an aromatic ring is 1. The minimum atomic E-state index is -0.437. The summed E-state index contributed by atoms with van der Waals surface area (Å²) in [4.78, 5) is 20.5. The van der Waals surface area contributed by atoms with Crippen LogP contribution in [-0.2, 0) is 6.42 Å². The Bertz CT molecular complexity index is 1160. The molecule has 0 bridgehead atoms. The lowest BCUT2D eigenvalue weighted by Crippen LogP contribution is -2.11. The Morgan fingerprint density at radius 1 is 1.21 bits per heavy atom. The molecule has 0 spiro atoms. The van der Waals surface area contributed by atoms with E-state index >= 15 is 0 Å². The van der Waals surface area contributed by atoms with E-state index in [0.717, 1.165) is 10.6 Å². The number of rotatable bonds is 6. The highest BCUT2D eigenvalue weighted by Crippen LogP contribution is 2.30. The third-order valence-electron chi connectivity index (χ3n) is 4.06. The van der Waals surface area contributed by atoms with Gasteiger partial charge in [0, 0.05) is 23.4 Å². The van der Waals surface area contributed by atoms with Gasteiger partial charge in [0.15, 0.2) is 11.6 Å². The van der Waals surface area contributed by atoms with Gasteiger partial charge in [0.05, 0.1) is 9.80 Å². The summed E-state index contributed by atoms with van der Waals surface area (Å²) in [6.07, 6.45) is 0.714. The second-order valence-electron chi connectivity index (χ2n) is 5.93. The van der Waals surface area contributed by atoms with E-state index in [0.29, 0.717) is 33.8 Å². The Balaban J connectivity index is 1.66. The van der Waals surface area contributed by atoms with Crippen molar-refractivity contribution in [2.24, 2.45) is 0 Å². The van der Waals surface area contributed by atoms with Gasteiger partial charge in [0.25, 0.3) is 5.69 Å². The SMILES string of the molecule is CCc1cc(Sc2nnc(-c3cccs3)n2N)nc(-c2ccc([N+](=O)[O-])cc2)n1. The molecule has 3 aromatic heterocycles. The zero-order chi connectivity index (χ0) is 20.4. The normalized spacial score (nSPS) is 10.9. The summed E-state index contributed by atoms with van der Waals surface area (Å²) in [7, 11) is 0. The van der Waals surface area contributed by atoms with Crippen molar-refractivity contribution in [3.63, 3.8) is 0 Å². The molecule has 4 rings (SSSR count). The number of aryl methyl sites for hydroxylation is 1. The molecule has 146 valence electrons. The highest BCUT2D eigenvalue weighted by atomic mass is 32.2. The number of aromatic nitrogens is 5. The molecule has 0 fully saturated rings. The molecule has 0 saturated carbocycles. The number of nitro benzene ring substituents is 1. The number of nitrogens with two attached hydrogens (primary N) is 1. The molecule has 9 nitrogen and oxygen atoms in total. The summed E-state index contributed by atoms with van der Waals surface area (Å²) in [5.41, 5.74) is 1.56. The molecule has 0 saturated heterocycles. The first-order valence-corrected chi connectivity index (χ1v) is 10.3. The lowest BCUT2D eigenvalue weighted by atomic mass is 10.2. The van der Waals surface area contributed by atoms with Crippen LogP contribution >= 0.6 is 23.1 Å². The van der Waals surface area contributed by atoms with Gasteiger partial charge in [-0.3, -0.25) is 10.1 Å². The smallest absolute Gasteiger partial charge is 0.269 e. The van der Waals surface area contributed by atoms with Crippen molar-refractivity contribution < 1.29 is 4.92 Å². The van der Waals surface area contributed by atoms with Crippen molar-refractivity contribution in [1.29, 1.82) is 0 Å². The topological polar surface area (TPSA) is 126 Å². The van der Waals surface area contributed by atoms with Crippen molar-refractivity contribution in [3.8, 4) is 22.1 Å². The van der Waals surface area contributed by atoms with Crippen molar-refractivity contribution in [2.45, 2.75) is 23.5 Å². The Morgan fingerprint density at radius 3 is 2.66 bits per heavy atom. The van der Waals surface area contributed by atoms with Crippen LogP contribution in [0.4, 0.5) is 5.69 Å². The van der Waals surface area contributed by atoms with E-state index < -0.39 is 4.92 Å². The molecule has 11 heteroatoms. The maximum Gasteiger partial charge on any atom is 0.269 e. The van der Waals surface area contributed by atoms with Crippen LogP contribution in [0.1, 0.15) is 12.6 Å². The molecule has 1 aromatic carbocycles. The molecule has 29 heavy (non-hydrogen) atoms. The monoisotopic (exact) mass is 425 g/mol. The lowest BCUT2D eigenvalue weighted by Gasteiger charge is -2.07. The van der Waals surface area contributed by atoms with E-state index in [2.05, 4.69) is 20.2 Å². The van der Waals surface area contributed by atoms with Crippen molar-refractivity contribution in [2.75, 3.05) is 5.84 Å². The quantitative estimate of drug-likeness (QED) is 0.214. The molecule has 0 aliphatic heterocycles. The van der Waals surface area contributed by atoms with Gasteiger partial charge in [-0.2, -0.15) is 0 Å². The highest BCUT2D eigenvalue weighted by molar-refractivity contribution is 7.99. The minimum absolute atomic E-state index is 0.0207. The van der Waals surface area contributed by atoms with Crippen LogP contribution in [0.15, 0.2) is 58.0 Å². The van der Waals surface area contributed by atoms with E-state index in [1.807, 2.05) is 30.5 Å². The summed E-state index contributed by atoms with van der Waals surface area (Å²) in [6.45, 7) is 2.00. The molecule has 0 radical (unpaired) electrons. The standard InChI is InChI=1S/C18H15N7O2S2/c1-2-12-10-15(21-16(20-12)11-5-7-13(8-6-11)25(26)27)29-18-23-22-17(24(18)19)14-4-3-9-28-14/h3-10H,2,19H2,1H3. The zero-order valence-electron chi connectivity index (χ0n) is 15.2. The fourth-order valence-electron chi connectivity index (χ4n) is 2.58. The van der Waals surface area contributed by atoms with E-state index in [4.69, 9.17) is 5.84 Å². The first-order chi connectivity index (χ1) is 14.0. The number of nitro groups is 1. The second kappa shape index (κ2) is 7.97. The van der Waals surface area contributed by atoms with Crippen LogP contribution in [0.2, 0.25) is 0 Å². The van der Waals surface area contributed by atoms with Crippen LogP contribution in [0.5, 0.6) is 0 Å². The van der Waals surface area contributed by atoms with Crippen molar-refractivity contribution in [1.82, 2.24) is 24.8 Å². The third kappa shape index (κ3) is 3.96. The fourth-order valence-corrected chi connectivity index (χ4v) is 4.07. The predicted molar refractivity (Wildman–Crippen MR) is 111 cm³/mol. The van der Waals surface area contributed by atoms with E-state index in [-0.39, 0.29) is 5.69 Å². The van der Waals surface area contributed by atoms with Crippen LogP contribution in [0.25, 0.3) is 22.1 Å². The molecular weight excluding hydrogens is 410 g/mol. The second-order valence-corrected chi connectivity index (χ2v) is 7.87. The molecule has 0 atom stereocenters. The largest absolute Gasteiger partial charge is 0.335 e. The van der Waals surface area contributed by atoms with Gasteiger partial charge in [-0.25, -0.2) is 14.6 Å². The summed E-state index contributed by atoms with van der Waals surface area (Å²) >= 11 is 2.82. The maximum absolute atomic E-state index is 10.9. The van der Waals surface area contributed by atoms with Crippen molar-refractivity contribution >= 4 is 28.8 Å². The summed E-state index contributed by atoms with van der Waals surface area (Å²) in [5.74, 6) is 7.25. The maximum atomic E-state index is 10.9.